The maximum absolute atomic E-state index is 3.75. The van der Waals surface area contributed by atoms with Crippen molar-refractivity contribution in [2.75, 3.05) is 13.1 Å². The zero-order valence-electron chi connectivity index (χ0n) is 10.8. The number of nitrogens with one attached hydrogen (secondary N) is 1. The van der Waals surface area contributed by atoms with Gasteiger partial charge in [0.1, 0.15) is 0 Å². The van der Waals surface area contributed by atoms with Gasteiger partial charge in [-0.05, 0) is 50.9 Å². The monoisotopic (exact) mass is 222 g/mol. The summed E-state index contributed by atoms with van der Waals surface area (Å²) in [7, 11) is 0. The molecule has 0 radical (unpaired) electrons. The lowest BCUT2D eigenvalue weighted by atomic mass is 10.0. The van der Waals surface area contributed by atoms with Crippen LogP contribution >= 0.6 is 0 Å². The van der Waals surface area contributed by atoms with Crippen molar-refractivity contribution in [3.05, 3.63) is 0 Å². The molecule has 1 heterocycles. The molecular formula is C14H26N2. The van der Waals surface area contributed by atoms with E-state index in [-0.39, 0.29) is 0 Å². The predicted molar refractivity (Wildman–Crippen MR) is 67.5 cm³/mol. The molecule has 1 saturated heterocycles. The number of hydrogen-bond acceptors (Lipinski definition) is 2. The second-order valence-electron chi connectivity index (χ2n) is 6.47. The van der Waals surface area contributed by atoms with Crippen LogP contribution in [0.15, 0.2) is 0 Å². The van der Waals surface area contributed by atoms with Crippen LogP contribution in [0.5, 0.6) is 0 Å². The van der Waals surface area contributed by atoms with Crippen LogP contribution in [0.1, 0.15) is 46.0 Å². The van der Waals surface area contributed by atoms with Crippen LogP contribution < -0.4 is 5.32 Å². The second-order valence-corrected chi connectivity index (χ2v) is 6.47. The minimum Gasteiger partial charge on any atom is -0.311 e. The molecule has 0 amide bonds. The smallest absolute Gasteiger partial charge is 0.0224 e. The van der Waals surface area contributed by atoms with E-state index in [9.17, 15) is 0 Å². The highest BCUT2D eigenvalue weighted by molar-refractivity contribution is 4.96. The molecule has 2 aliphatic carbocycles. The highest BCUT2D eigenvalue weighted by atomic mass is 15.3. The topological polar surface area (TPSA) is 15.3 Å². The molecule has 3 aliphatic rings. The Kier molecular flexibility index (Phi) is 2.97. The number of piperazine rings is 1. The first-order valence-corrected chi connectivity index (χ1v) is 7.23. The van der Waals surface area contributed by atoms with Gasteiger partial charge < -0.3 is 5.32 Å². The Morgan fingerprint density at radius 2 is 1.88 bits per heavy atom. The minimum absolute atomic E-state index is 0.755. The standard InChI is InChI=1S/C14H26N2/c1-10-3-6-13(7-10)16-9-14(12-4-5-12)15-8-11(16)2/h10-15H,3-9H2,1-2H3. The van der Waals surface area contributed by atoms with Gasteiger partial charge in [0.25, 0.3) is 0 Å². The van der Waals surface area contributed by atoms with Crippen molar-refractivity contribution in [2.24, 2.45) is 11.8 Å². The maximum atomic E-state index is 3.75. The van der Waals surface area contributed by atoms with Gasteiger partial charge in [-0.15, -0.1) is 0 Å². The SMILES string of the molecule is CC1CCC(N2CC(C3CC3)NCC2C)C1. The van der Waals surface area contributed by atoms with Crippen LogP contribution in [-0.2, 0) is 0 Å². The summed E-state index contributed by atoms with van der Waals surface area (Å²) in [5.41, 5.74) is 0. The van der Waals surface area contributed by atoms with E-state index in [2.05, 4.69) is 24.1 Å². The van der Waals surface area contributed by atoms with Gasteiger partial charge >= 0.3 is 0 Å². The Morgan fingerprint density at radius 3 is 2.50 bits per heavy atom. The Labute approximate surface area is 99.8 Å². The molecule has 0 spiro atoms. The van der Waals surface area contributed by atoms with Crippen molar-refractivity contribution >= 4 is 0 Å². The van der Waals surface area contributed by atoms with Crippen LogP contribution in [0.2, 0.25) is 0 Å². The lowest BCUT2D eigenvalue weighted by molar-refractivity contribution is 0.0856. The predicted octanol–water partition coefficient (Wildman–Crippen LogP) is 2.25. The van der Waals surface area contributed by atoms with Crippen molar-refractivity contribution < 1.29 is 0 Å². The summed E-state index contributed by atoms with van der Waals surface area (Å²) in [5, 5.41) is 3.75. The van der Waals surface area contributed by atoms with Gasteiger partial charge in [0.15, 0.2) is 0 Å². The lowest BCUT2D eigenvalue weighted by Crippen LogP contribution is -2.58. The molecule has 2 nitrogen and oxygen atoms in total. The first-order valence-electron chi connectivity index (χ1n) is 7.23. The Balaban J connectivity index is 1.62. The molecule has 4 atom stereocenters. The van der Waals surface area contributed by atoms with Gasteiger partial charge in [-0.3, -0.25) is 4.90 Å². The summed E-state index contributed by atoms with van der Waals surface area (Å²) in [5.74, 6) is 1.97. The van der Waals surface area contributed by atoms with E-state index < -0.39 is 0 Å². The average Bonchev–Trinajstić information content (AvgIpc) is 3.03. The van der Waals surface area contributed by atoms with Crippen molar-refractivity contribution in [1.82, 2.24) is 10.2 Å². The zero-order valence-corrected chi connectivity index (χ0v) is 10.8. The molecular weight excluding hydrogens is 196 g/mol. The van der Waals surface area contributed by atoms with Gasteiger partial charge in [0, 0.05) is 31.2 Å². The third kappa shape index (κ3) is 2.14. The molecule has 1 N–H and O–H groups in total. The summed E-state index contributed by atoms with van der Waals surface area (Å²) < 4.78 is 0. The number of hydrogen-bond donors (Lipinski definition) is 1. The second kappa shape index (κ2) is 4.30. The Bertz CT molecular complexity index is 249. The van der Waals surface area contributed by atoms with E-state index in [1.54, 1.807) is 0 Å². The largest absolute Gasteiger partial charge is 0.311 e. The Morgan fingerprint density at radius 1 is 1.06 bits per heavy atom. The molecule has 16 heavy (non-hydrogen) atoms. The van der Waals surface area contributed by atoms with Gasteiger partial charge in [-0.2, -0.15) is 0 Å². The van der Waals surface area contributed by atoms with Crippen molar-refractivity contribution in [1.29, 1.82) is 0 Å². The van der Waals surface area contributed by atoms with E-state index in [0.717, 1.165) is 30.0 Å². The normalized spacial score (nSPS) is 46.1. The van der Waals surface area contributed by atoms with Gasteiger partial charge in [0.2, 0.25) is 0 Å². The van der Waals surface area contributed by atoms with Crippen molar-refractivity contribution in [3.63, 3.8) is 0 Å². The van der Waals surface area contributed by atoms with E-state index in [0.29, 0.717) is 0 Å². The maximum Gasteiger partial charge on any atom is 0.0224 e. The summed E-state index contributed by atoms with van der Waals surface area (Å²) in [6.45, 7) is 7.36. The van der Waals surface area contributed by atoms with Crippen molar-refractivity contribution in [3.8, 4) is 0 Å². The summed E-state index contributed by atoms with van der Waals surface area (Å²) in [6.07, 6.45) is 7.29. The molecule has 92 valence electrons. The van der Waals surface area contributed by atoms with E-state index in [4.69, 9.17) is 0 Å². The van der Waals surface area contributed by atoms with Crippen molar-refractivity contribution in [2.45, 2.75) is 64.1 Å². The third-order valence-electron chi connectivity index (χ3n) is 4.98. The molecule has 0 aromatic carbocycles. The van der Waals surface area contributed by atoms with Crippen LogP contribution in [0.4, 0.5) is 0 Å². The molecule has 4 unspecified atom stereocenters. The average molecular weight is 222 g/mol. The van der Waals surface area contributed by atoms with E-state index >= 15 is 0 Å². The molecule has 2 heteroatoms. The molecule has 2 saturated carbocycles. The van der Waals surface area contributed by atoms with Crippen LogP contribution in [0.25, 0.3) is 0 Å². The first kappa shape index (κ1) is 11.0. The van der Waals surface area contributed by atoms with Gasteiger partial charge in [-0.1, -0.05) is 6.92 Å². The highest BCUT2D eigenvalue weighted by Crippen LogP contribution is 2.36. The quantitative estimate of drug-likeness (QED) is 0.771. The summed E-state index contributed by atoms with van der Waals surface area (Å²) in [6, 6.07) is 2.46. The summed E-state index contributed by atoms with van der Waals surface area (Å²) >= 11 is 0. The van der Waals surface area contributed by atoms with E-state index in [1.807, 2.05) is 0 Å². The fourth-order valence-electron chi connectivity index (χ4n) is 3.71. The van der Waals surface area contributed by atoms with Crippen LogP contribution in [0.3, 0.4) is 0 Å². The number of nitrogens with zero attached hydrogens (tertiary/aromatic N) is 1. The summed E-state index contributed by atoms with van der Waals surface area (Å²) in [4.78, 5) is 2.82. The van der Waals surface area contributed by atoms with Crippen LogP contribution in [0, 0.1) is 11.8 Å². The fourth-order valence-corrected chi connectivity index (χ4v) is 3.71. The molecule has 0 bridgehead atoms. The lowest BCUT2D eigenvalue weighted by Gasteiger charge is -2.42. The molecule has 0 aromatic heterocycles. The van der Waals surface area contributed by atoms with Gasteiger partial charge in [0.05, 0.1) is 0 Å². The third-order valence-corrected chi connectivity index (χ3v) is 4.98. The Hall–Kier alpha value is -0.0800. The zero-order chi connectivity index (χ0) is 11.1. The molecule has 0 aromatic rings. The minimum atomic E-state index is 0.755. The molecule has 1 aliphatic heterocycles. The van der Waals surface area contributed by atoms with E-state index in [1.165, 1.54) is 45.2 Å². The molecule has 3 rings (SSSR count). The highest BCUT2D eigenvalue weighted by Gasteiger charge is 2.39. The first-order chi connectivity index (χ1) is 7.74. The van der Waals surface area contributed by atoms with Crippen LogP contribution in [-0.4, -0.2) is 36.1 Å². The molecule has 3 fully saturated rings. The number of rotatable bonds is 2. The van der Waals surface area contributed by atoms with Gasteiger partial charge in [-0.25, -0.2) is 0 Å². The fraction of sp³-hybridized carbons (Fsp3) is 1.00.